The fourth-order valence-electron chi connectivity index (χ4n) is 3.15. The molecule has 1 fully saturated rings. The predicted molar refractivity (Wildman–Crippen MR) is 89.9 cm³/mol. The highest BCUT2D eigenvalue weighted by molar-refractivity contribution is 6.10. The lowest BCUT2D eigenvalue weighted by molar-refractivity contribution is 0.0948. The Balaban J connectivity index is 1.78. The number of hydrogen-bond acceptors (Lipinski definition) is 3. The third-order valence-corrected chi connectivity index (χ3v) is 4.69. The molecule has 25 heavy (non-hydrogen) atoms. The molecule has 0 atom stereocenters. The zero-order chi connectivity index (χ0) is 18.0. The molecule has 0 unspecified atom stereocenters. The normalized spacial score (nSPS) is 15.3. The highest BCUT2D eigenvalue weighted by Crippen LogP contribution is 2.22. The zero-order valence-electron chi connectivity index (χ0n) is 14.0. The Morgan fingerprint density at radius 2 is 1.92 bits per heavy atom. The molecule has 0 spiro atoms. The number of carbonyl (C=O) groups is 2. The highest BCUT2D eigenvalue weighted by atomic mass is 19.1. The van der Waals surface area contributed by atoms with Gasteiger partial charge in [-0.3, -0.25) is 9.59 Å². The first kappa shape index (κ1) is 17.5. The van der Waals surface area contributed by atoms with Gasteiger partial charge in [-0.1, -0.05) is 6.07 Å². The molecule has 1 aliphatic heterocycles. The Morgan fingerprint density at radius 3 is 2.64 bits per heavy atom. The van der Waals surface area contributed by atoms with Crippen LogP contribution in [0.1, 0.15) is 51.2 Å². The fraction of sp³-hybridized carbons (Fsp3) is 0.368. The molecule has 132 valence electrons. The summed E-state index contributed by atoms with van der Waals surface area (Å²) in [4.78, 5) is 27.6. The molecular formula is C19H20F2N2O2. The molecule has 1 saturated heterocycles. The summed E-state index contributed by atoms with van der Waals surface area (Å²) in [5.41, 5.74) is -0.00809. The van der Waals surface area contributed by atoms with Crippen molar-refractivity contribution < 1.29 is 18.4 Å². The predicted octanol–water partition coefficient (Wildman–Crippen LogP) is 3.40. The third kappa shape index (κ3) is 3.69. The van der Waals surface area contributed by atoms with E-state index in [1.807, 2.05) is 0 Å². The van der Waals surface area contributed by atoms with Crippen molar-refractivity contribution in [3.8, 4) is 0 Å². The van der Waals surface area contributed by atoms with Crippen molar-refractivity contribution in [3.05, 3.63) is 58.4 Å². The van der Waals surface area contributed by atoms with E-state index in [0.29, 0.717) is 18.0 Å². The Kier molecular flexibility index (Phi) is 5.08. The van der Waals surface area contributed by atoms with Crippen LogP contribution in [0.4, 0.5) is 8.78 Å². The minimum Gasteiger partial charge on any atom is -0.358 e. The van der Waals surface area contributed by atoms with Crippen LogP contribution in [0.15, 0.2) is 24.4 Å². The van der Waals surface area contributed by atoms with Gasteiger partial charge in [0, 0.05) is 18.2 Å². The maximum atomic E-state index is 14.1. The minimum atomic E-state index is -0.906. The first-order valence-corrected chi connectivity index (χ1v) is 8.39. The van der Waals surface area contributed by atoms with E-state index in [4.69, 9.17) is 0 Å². The summed E-state index contributed by atoms with van der Waals surface area (Å²) in [6, 6.07) is 3.74. The van der Waals surface area contributed by atoms with Gasteiger partial charge in [0.15, 0.2) is 11.6 Å². The van der Waals surface area contributed by atoms with Crippen molar-refractivity contribution in [2.24, 2.45) is 5.92 Å². The number of carbonyl (C=O) groups excluding carboxylic acids is 2. The molecule has 6 heteroatoms. The number of aryl methyl sites for hydroxylation is 1. The van der Waals surface area contributed by atoms with Gasteiger partial charge in [0.1, 0.15) is 11.6 Å². The van der Waals surface area contributed by atoms with E-state index in [9.17, 15) is 18.4 Å². The average Bonchev–Trinajstić information content (AvgIpc) is 3.09. The summed E-state index contributed by atoms with van der Waals surface area (Å²) in [5.74, 6) is -2.31. The number of hydrogen-bond donors (Lipinski definition) is 2. The summed E-state index contributed by atoms with van der Waals surface area (Å²) in [7, 11) is 0. The molecule has 1 aliphatic rings. The van der Waals surface area contributed by atoms with Gasteiger partial charge in [-0.15, -0.1) is 0 Å². The number of benzene rings is 1. The number of nitrogens with one attached hydrogen (secondary N) is 2. The molecule has 3 rings (SSSR count). The molecule has 0 radical (unpaired) electrons. The van der Waals surface area contributed by atoms with E-state index in [0.717, 1.165) is 32.0 Å². The monoisotopic (exact) mass is 346 g/mol. The number of aromatic nitrogens is 1. The highest BCUT2D eigenvalue weighted by Gasteiger charge is 2.23. The molecular weight excluding hydrogens is 326 g/mol. The van der Waals surface area contributed by atoms with Crippen LogP contribution in [0.2, 0.25) is 0 Å². The number of ketones is 2. The molecule has 1 aromatic heterocycles. The summed E-state index contributed by atoms with van der Waals surface area (Å²) in [6.45, 7) is 3.27. The van der Waals surface area contributed by atoms with Gasteiger partial charge in [-0.2, -0.15) is 0 Å². The lowest BCUT2D eigenvalue weighted by Crippen LogP contribution is -2.28. The second-order valence-electron chi connectivity index (χ2n) is 6.51. The summed E-state index contributed by atoms with van der Waals surface area (Å²) in [5, 5.41) is 3.25. The van der Waals surface area contributed by atoms with Crippen LogP contribution < -0.4 is 5.32 Å². The van der Waals surface area contributed by atoms with Gasteiger partial charge in [-0.05, 0) is 56.5 Å². The van der Waals surface area contributed by atoms with Crippen molar-refractivity contribution in [2.45, 2.75) is 26.2 Å². The smallest absolute Gasteiger partial charge is 0.200 e. The topological polar surface area (TPSA) is 62.0 Å². The number of aromatic amines is 1. The number of H-pyrrole nitrogens is 1. The van der Waals surface area contributed by atoms with Crippen LogP contribution in [0, 0.1) is 24.5 Å². The fourth-order valence-corrected chi connectivity index (χ4v) is 3.15. The summed E-state index contributed by atoms with van der Waals surface area (Å²) >= 11 is 0. The van der Waals surface area contributed by atoms with Crippen LogP contribution in [0.5, 0.6) is 0 Å². The average molecular weight is 346 g/mol. The molecule has 0 bridgehead atoms. The van der Waals surface area contributed by atoms with Crippen LogP contribution in [0.3, 0.4) is 0 Å². The molecule has 1 aromatic carbocycles. The van der Waals surface area contributed by atoms with Crippen molar-refractivity contribution in [2.75, 3.05) is 13.1 Å². The number of halogens is 2. The van der Waals surface area contributed by atoms with Crippen molar-refractivity contribution in [1.29, 1.82) is 0 Å². The Bertz CT molecular complexity index is 808. The second kappa shape index (κ2) is 7.27. The first-order chi connectivity index (χ1) is 12.0. The van der Waals surface area contributed by atoms with E-state index in [2.05, 4.69) is 10.3 Å². The summed E-state index contributed by atoms with van der Waals surface area (Å²) in [6.07, 6.45) is 3.62. The van der Waals surface area contributed by atoms with Gasteiger partial charge in [0.25, 0.3) is 0 Å². The Hall–Kier alpha value is -2.34. The maximum Gasteiger partial charge on any atom is 0.200 e. The van der Waals surface area contributed by atoms with E-state index < -0.39 is 23.0 Å². The van der Waals surface area contributed by atoms with E-state index >= 15 is 0 Å². The van der Waals surface area contributed by atoms with E-state index in [1.54, 1.807) is 0 Å². The maximum absolute atomic E-state index is 14.1. The van der Waals surface area contributed by atoms with Gasteiger partial charge in [-0.25, -0.2) is 8.78 Å². The van der Waals surface area contributed by atoms with Crippen LogP contribution in [0.25, 0.3) is 0 Å². The van der Waals surface area contributed by atoms with E-state index in [1.165, 1.54) is 25.3 Å². The SMILES string of the molecule is Cc1ccc(F)c(C(=O)c2c[nH]c(C(=O)CC3CCNCC3)c2)c1F. The van der Waals surface area contributed by atoms with Gasteiger partial charge in [0.05, 0.1) is 11.3 Å². The van der Waals surface area contributed by atoms with Gasteiger partial charge in [0.2, 0.25) is 0 Å². The molecule has 2 N–H and O–H groups in total. The molecule has 2 aromatic rings. The van der Waals surface area contributed by atoms with Crippen LogP contribution >= 0.6 is 0 Å². The minimum absolute atomic E-state index is 0.0806. The molecule has 0 amide bonds. The van der Waals surface area contributed by atoms with Gasteiger partial charge < -0.3 is 10.3 Å². The Labute approximate surface area is 144 Å². The molecule has 4 nitrogen and oxygen atoms in total. The first-order valence-electron chi connectivity index (χ1n) is 8.39. The van der Waals surface area contributed by atoms with E-state index in [-0.39, 0.29) is 16.9 Å². The largest absolute Gasteiger partial charge is 0.358 e. The quantitative estimate of drug-likeness (QED) is 0.816. The van der Waals surface area contributed by atoms with Crippen molar-refractivity contribution in [1.82, 2.24) is 10.3 Å². The molecule has 0 aliphatic carbocycles. The van der Waals surface area contributed by atoms with Crippen LogP contribution in [-0.2, 0) is 0 Å². The number of piperidine rings is 1. The Morgan fingerprint density at radius 1 is 1.20 bits per heavy atom. The zero-order valence-corrected chi connectivity index (χ0v) is 14.0. The number of Topliss-reactive ketones (excluding diaryl/α,β-unsaturated/α-hetero) is 1. The van der Waals surface area contributed by atoms with Gasteiger partial charge >= 0.3 is 0 Å². The summed E-state index contributed by atoms with van der Waals surface area (Å²) < 4.78 is 28.0. The van der Waals surface area contributed by atoms with Crippen LogP contribution in [-0.4, -0.2) is 29.6 Å². The lowest BCUT2D eigenvalue weighted by atomic mass is 9.92. The van der Waals surface area contributed by atoms with Crippen molar-refractivity contribution in [3.63, 3.8) is 0 Å². The standard InChI is InChI=1S/C19H20F2N2O2/c1-11-2-3-14(20)17(18(11)21)19(25)13-9-15(23-10-13)16(24)8-12-4-6-22-7-5-12/h2-3,9-10,12,22-23H,4-8H2,1H3. The molecule has 2 heterocycles. The number of rotatable bonds is 5. The second-order valence-corrected chi connectivity index (χ2v) is 6.51. The molecule has 0 saturated carbocycles. The third-order valence-electron chi connectivity index (χ3n) is 4.69. The lowest BCUT2D eigenvalue weighted by Gasteiger charge is -2.21. The van der Waals surface area contributed by atoms with Crippen molar-refractivity contribution >= 4 is 11.6 Å².